The van der Waals surface area contributed by atoms with E-state index in [0.29, 0.717) is 30.6 Å². The van der Waals surface area contributed by atoms with Crippen LogP contribution < -0.4 is 4.74 Å². The third-order valence-electron chi connectivity index (χ3n) is 6.92. The van der Waals surface area contributed by atoms with Crippen LogP contribution in [0.15, 0.2) is 48.5 Å². The van der Waals surface area contributed by atoms with Crippen molar-refractivity contribution in [3.63, 3.8) is 0 Å². The number of phenols is 2. The Hall–Kier alpha value is -3.02. The number of aromatic hydroxyl groups is 2. The van der Waals surface area contributed by atoms with E-state index in [1.54, 1.807) is 20.3 Å². The van der Waals surface area contributed by atoms with Crippen molar-refractivity contribution in [2.75, 3.05) is 20.8 Å². The summed E-state index contributed by atoms with van der Waals surface area (Å²) in [7, 11) is 3.43. The first-order chi connectivity index (χ1) is 16.3. The van der Waals surface area contributed by atoms with Crippen LogP contribution in [0.5, 0.6) is 17.2 Å². The van der Waals surface area contributed by atoms with E-state index >= 15 is 0 Å². The Balaban J connectivity index is 1.72. The molecule has 0 unspecified atom stereocenters. The van der Waals surface area contributed by atoms with Gasteiger partial charge >= 0.3 is 0 Å². The predicted molar refractivity (Wildman–Crippen MR) is 136 cm³/mol. The molecule has 5 nitrogen and oxygen atoms in total. The Morgan fingerprint density at radius 1 is 1.00 bits per heavy atom. The minimum Gasteiger partial charge on any atom is -0.508 e. The van der Waals surface area contributed by atoms with Gasteiger partial charge in [-0.15, -0.1) is 0 Å². The largest absolute Gasteiger partial charge is 0.508 e. The van der Waals surface area contributed by atoms with Gasteiger partial charge in [-0.3, -0.25) is 4.90 Å². The minimum absolute atomic E-state index is 0.158. The molecular weight excluding hydrogens is 426 g/mol. The van der Waals surface area contributed by atoms with Crippen molar-refractivity contribution in [2.45, 2.75) is 52.2 Å². The zero-order valence-corrected chi connectivity index (χ0v) is 20.8. The highest BCUT2D eigenvalue weighted by Crippen LogP contribution is 2.41. The average molecular weight is 462 g/mol. The molecule has 1 aliphatic heterocycles. The molecule has 4 rings (SSSR count). The first-order valence-corrected chi connectivity index (χ1v) is 11.9. The van der Waals surface area contributed by atoms with Gasteiger partial charge in [0.1, 0.15) is 17.2 Å². The maximum atomic E-state index is 10.7. The Bertz CT molecular complexity index is 1170. The lowest BCUT2D eigenvalue weighted by Crippen LogP contribution is -2.42. The van der Waals surface area contributed by atoms with Gasteiger partial charge in [0, 0.05) is 37.4 Å². The number of fused-ring (bicyclic) bond motifs is 1. The summed E-state index contributed by atoms with van der Waals surface area (Å²) in [6, 6.07) is 16.1. The molecule has 0 radical (unpaired) electrons. The quantitative estimate of drug-likeness (QED) is 0.467. The zero-order chi connectivity index (χ0) is 24.4. The molecule has 0 saturated carbocycles. The monoisotopic (exact) mass is 461 g/mol. The molecule has 5 heteroatoms. The number of aryl methyl sites for hydroxylation is 1. The topological polar surface area (TPSA) is 62.2 Å². The molecule has 2 N–H and O–H groups in total. The molecule has 1 aliphatic rings. The molecule has 1 atom stereocenters. The molecule has 180 valence electrons. The van der Waals surface area contributed by atoms with Gasteiger partial charge < -0.3 is 19.7 Å². The molecule has 1 heterocycles. The fourth-order valence-electron chi connectivity index (χ4n) is 4.90. The van der Waals surface area contributed by atoms with Gasteiger partial charge in [0.05, 0.1) is 13.7 Å². The number of hydrogen-bond donors (Lipinski definition) is 2. The molecule has 0 saturated heterocycles. The molecule has 34 heavy (non-hydrogen) atoms. The van der Waals surface area contributed by atoms with Crippen molar-refractivity contribution in [1.82, 2.24) is 4.90 Å². The summed E-state index contributed by atoms with van der Waals surface area (Å²) < 4.78 is 11.4. The van der Waals surface area contributed by atoms with Crippen LogP contribution in [-0.2, 0) is 24.2 Å². The standard InChI is InChI=1S/C29H35NO4/c1-18(2)20-6-7-23(27(32)13-20)16-30-15-22-9-11-28(34-5)29(25(22)14-24(30)17-33-4)21-8-10-26(31)19(3)12-21/h6-13,18,24,31-32H,14-17H2,1-5H3/t24-/m0/s1. The number of benzene rings is 3. The van der Waals surface area contributed by atoms with E-state index in [4.69, 9.17) is 9.47 Å². The van der Waals surface area contributed by atoms with Crippen LogP contribution in [0, 0.1) is 6.92 Å². The highest BCUT2D eigenvalue weighted by atomic mass is 16.5. The number of hydrogen-bond acceptors (Lipinski definition) is 5. The van der Waals surface area contributed by atoms with E-state index in [9.17, 15) is 10.2 Å². The summed E-state index contributed by atoms with van der Waals surface area (Å²) in [5.74, 6) is 1.85. The third kappa shape index (κ3) is 4.77. The Labute approximate surface area is 202 Å². The van der Waals surface area contributed by atoms with Crippen LogP contribution in [0.4, 0.5) is 0 Å². The van der Waals surface area contributed by atoms with Gasteiger partial charge in [-0.25, -0.2) is 0 Å². The summed E-state index contributed by atoms with van der Waals surface area (Å²) in [4.78, 5) is 2.38. The number of rotatable bonds is 7. The van der Waals surface area contributed by atoms with Crippen LogP contribution in [0.3, 0.4) is 0 Å². The molecule has 3 aromatic rings. The van der Waals surface area contributed by atoms with Crippen molar-refractivity contribution in [3.05, 3.63) is 76.3 Å². The van der Waals surface area contributed by atoms with Gasteiger partial charge in [0.25, 0.3) is 0 Å². The van der Waals surface area contributed by atoms with Gasteiger partial charge in [-0.05, 0) is 71.3 Å². The molecule has 0 spiro atoms. The van der Waals surface area contributed by atoms with Gasteiger partial charge in [0.15, 0.2) is 0 Å². The predicted octanol–water partition coefficient (Wildman–Crippen LogP) is 5.78. The smallest absolute Gasteiger partial charge is 0.126 e. The molecular formula is C29H35NO4. The van der Waals surface area contributed by atoms with Crippen LogP contribution in [0.2, 0.25) is 0 Å². The molecule has 0 bridgehead atoms. The van der Waals surface area contributed by atoms with Crippen LogP contribution >= 0.6 is 0 Å². The first kappa shape index (κ1) is 24.1. The maximum absolute atomic E-state index is 10.7. The fourth-order valence-corrected chi connectivity index (χ4v) is 4.90. The van der Waals surface area contributed by atoms with Crippen LogP contribution in [-0.4, -0.2) is 42.0 Å². The zero-order valence-electron chi connectivity index (χ0n) is 20.8. The normalized spacial score (nSPS) is 16.0. The van der Waals surface area contributed by atoms with E-state index in [0.717, 1.165) is 46.5 Å². The summed E-state index contributed by atoms with van der Waals surface area (Å²) in [6.07, 6.45) is 0.806. The van der Waals surface area contributed by atoms with Crippen LogP contribution in [0.25, 0.3) is 11.1 Å². The molecule has 0 fully saturated rings. The van der Waals surface area contributed by atoms with Crippen molar-refractivity contribution >= 4 is 0 Å². The second-order valence-electron chi connectivity index (χ2n) is 9.54. The highest BCUT2D eigenvalue weighted by Gasteiger charge is 2.30. The second kappa shape index (κ2) is 10.1. The third-order valence-corrected chi connectivity index (χ3v) is 6.92. The van der Waals surface area contributed by atoms with Gasteiger partial charge in [-0.2, -0.15) is 0 Å². The molecule has 0 aromatic heterocycles. The van der Waals surface area contributed by atoms with E-state index in [1.807, 2.05) is 37.3 Å². The lowest BCUT2D eigenvalue weighted by atomic mass is 9.86. The van der Waals surface area contributed by atoms with E-state index < -0.39 is 0 Å². The van der Waals surface area contributed by atoms with E-state index in [1.165, 1.54) is 11.1 Å². The van der Waals surface area contributed by atoms with Gasteiger partial charge in [0.2, 0.25) is 0 Å². The first-order valence-electron chi connectivity index (χ1n) is 11.9. The average Bonchev–Trinajstić information content (AvgIpc) is 2.81. The maximum Gasteiger partial charge on any atom is 0.126 e. The lowest BCUT2D eigenvalue weighted by molar-refractivity contribution is 0.0718. The molecule has 0 aliphatic carbocycles. The van der Waals surface area contributed by atoms with E-state index in [2.05, 4.69) is 30.9 Å². The SMILES string of the molecule is COC[C@@H]1Cc2c(ccc(OC)c2-c2ccc(O)c(C)c2)CN1Cc1ccc(C(C)C)cc1O. The highest BCUT2D eigenvalue weighted by molar-refractivity contribution is 5.77. The van der Waals surface area contributed by atoms with E-state index in [-0.39, 0.29) is 6.04 Å². The van der Waals surface area contributed by atoms with Crippen molar-refractivity contribution in [1.29, 1.82) is 0 Å². The lowest BCUT2D eigenvalue weighted by Gasteiger charge is -2.38. The number of phenolic OH excluding ortho intramolecular Hbond substituents is 2. The minimum atomic E-state index is 0.158. The fraction of sp³-hybridized carbons (Fsp3) is 0.379. The Morgan fingerprint density at radius 2 is 1.79 bits per heavy atom. The summed E-state index contributed by atoms with van der Waals surface area (Å²) in [5.41, 5.74) is 7.51. The Kier molecular flexibility index (Phi) is 7.15. The number of nitrogens with zero attached hydrogens (tertiary/aromatic N) is 1. The van der Waals surface area contributed by atoms with Crippen LogP contribution in [0.1, 0.15) is 47.6 Å². The van der Waals surface area contributed by atoms with Crippen molar-refractivity contribution < 1.29 is 19.7 Å². The number of methoxy groups -OCH3 is 2. The van der Waals surface area contributed by atoms with Crippen molar-refractivity contribution in [3.8, 4) is 28.4 Å². The molecule has 0 amide bonds. The second-order valence-corrected chi connectivity index (χ2v) is 9.54. The van der Waals surface area contributed by atoms with Gasteiger partial charge in [-0.1, -0.05) is 38.1 Å². The summed E-state index contributed by atoms with van der Waals surface area (Å²) in [6.45, 7) is 8.17. The summed E-state index contributed by atoms with van der Waals surface area (Å²) in [5, 5.41) is 20.7. The number of ether oxygens (including phenoxy) is 2. The van der Waals surface area contributed by atoms with Crippen molar-refractivity contribution in [2.24, 2.45) is 0 Å². The Morgan fingerprint density at radius 3 is 2.44 bits per heavy atom. The molecule has 3 aromatic carbocycles. The summed E-state index contributed by atoms with van der Waals surface area (Å²) >= 11 is 0.